The van der Waals surface area contributed by atoms with Gasteiger partial charge in [0.2, 0.25) is 5.91 Å². The lowest BCUT2D eigenvalue weighted by Crippen LogP contribution is -2.33. The van der Waals surface area contributed by atoms with Gasteiger partial charge in [-0.05, 0) is 25.7 Å². The lowest BCUT2D eigenvalue weighted by molar-refractivity contribution is -0.122. The highest BCUT2D eigenvalue weighted by atomic mass is 35.5. The van der Waals surface area contributed by atoms with Crippen molar-refractivity contribution in [2.24, 2.45) is 5.92 Å². The maximum absolute atomic E-state index is 11.1. The van der Waals surface area contributed by atoms with Crippen LogP contribution in [0.15, 0.2) is 0 Å². The first kappa shape index (κ1) is 6.47. The van der Waals surface area contributed by atoms with Gasteiger partial charge in [-0.2, -0.15) is 0 Å². The van der Waals surface area contributed by atoms with E-state index in [9.17, 15) is 4.79 Å². The third-order valence-corrected chi connectivity index (χ3v) is 2.46. The van der Waals surface area contributed by atoms with Crippen molar-refractivity contribution in [2.45, 2.75) is 30.7 Å². The minimum atomic E-state index is -0.334. The zero-order valence-corrected chi connectivity index (χ0v) is 6.45. The Bertz CT molecular complexity index is 172. The summed E-state index contributed by atoms with van der Waals surface area (Å²) in [6, 6.07) is 0. The molecule has 0 aliphatic heterocycles. The molecule has 0 unspecified atom stereocenters. The van der Waals surface area contributed by atoms with E-state index in [1.54, 1.807) is 0 Å². The van der Waals surface area contributed by atoms with Crippen LogP contribution in [0, 0.1) is 5.92 Å². The van der Waals surface area contributed by atoms with E-state index < -0.39 is 0 Å². The van der Waals surface area contributed by atoms with Gasteiger partial charge in [-0.25, -0.2) is 0 Å². The fraction of sp³-hybridized carbons (Fsp3) is 0.857. The second-order valence-electron chi connectivity index (χ2n) is 3.23. The van der Waals surface area contributed by atoms with Crippen molar-refractivity contribution in [2.75, 3.05) is 0 Å². The van der Waals surface area contributed by atoms with Gasteiger partial charge in [0.05, 0.1) is 0 Å². The highest BCUT2D eigenvalue weighted by molar-refractivity contribution is 6.26. The number of hydrogen-bond acceptors (Lipinski definition) is 1. The van der Waals surface area contributed by atoms with E-state index in [0.717, 1.165) is 25.7 Å². The van der Waals surface area contributed by atoms with Crippen molar-refractivity contribution < 1.29 is 4.79 Å². The van der Waals surface area contributed by atoms with Crippen molar-refractivity contribution >= 4 is 17.5 Å². The summed E-state index contributed by atoms with van der Waals surface area (Å²) in [6.45, 7) is 0. The molecule has 1 amide bonds. The smallest absolute Gasteiger partial charge is 0.224 e. The zero-order chi connectivity index (χ0) is 7.19. The van der Waals surface area contributed by atoms with E-state index in [-0.39, 0.29) is 16.8 Å². The van der Waals surface area contributed by atoms with Crippen LogP contribution in [-0.2, 0) is 4.79 Å². The largest absolute Gasteiger partial charge is 0.337 e. The highest BCUT2D eigenvalue weighted by Crippen LogP contribution is 2.41. The molecular formula is C7H10ClNO. The molecule has 0 spiro atoms. The zero-order valence-electron chi connectivity index (χ0n) is 5.69. The Kier molecular flexibility index (Phi) is 1.21. The summed E-state index contributed by atoms with van der Waals surface area (Å²) in [4.78, 5) is 10.7. The summed E-state index contributed by atoms with van der Waals surface area (Å²) in [7, 11) is 0. The molecule has 0 bridgehead atoms. The second-order valence-corrected chi connectivity index (χ2v) is 3.95. The van der Waals surface area contributed by atoms with Crippen LogP contribution in [0.5, 0.6) is 0 Å². The number of alkyl halides is 1. The van der Waals surface area contributed by atoms with E-state index in [1.807, 2.05) is 0 Å². The Morgan fingerprint density at radius 3 is 2.50 bits per heavy atom. The topological polar surface area (TPSA) is 29.1 Å². The Hall–Kier alpha value is -0.240. The van der Waals surface area contributed by atoms with Gasteiger partial charge in [-0.3, -0.25) is 4.79 Å². The third-order valence-electron chi connectivity index (χ3n) is 1.98. The molecule has 2 nitrogen and oxygen atoms in total. The predicted molar refractivity (Wildman–Crippen MR) is 38.7 cm³/mol. The summed E-state index contributed by atoms with van der Waals surface area (Å²) in [5.41, 5.74) is 0. The molecule has 10 heavy (non-hydrogen) atoms. The Balaban J connectivity index is 1.83. The van der Waals surface area contributed by atoms with E-state index in [1.165, 1.54) is 0 Å². The Morgan fingerprint density at radius 1 is 1.50 bits per heavy atom. The second kappa shape index (κ2) is 1.88. The average molecular weight is 160 g/mol. The fourth-order valence-corrected chi connectivity index (χ4v) is 1.09. The molecule has 3 heteroatoms. The van der Waals surface area contributed by atoms with Crippen LogP contribution in [-0.4, -0.2) is 10.9 Å². The van der Waals surface area contributed by atoms with E-state index in [4.69, 9.17) is 11.6 Å². The van der Waals surface area contributed by atoms with Gasteiger partial charge < -0.3 is 5.32 Å². The van der Waals surface area contributed by atoms with Crippen LogP contribution in [0.4, 0.5) is 0 Å². The molecule has 56 valence electrons. The molecule has 0 aromatic heterocycles. The summed E-state index contributed by atoms with van der Waals surface area (Å²) in [5, 5.41) is 2.82. The number of carbonyl (C=O) groups excluding carboxylic acids is 1. The normalized spacial score (nSPS) is 27.7. The van der Waals surface area contributed by atoms with E-state index in [2.05, 4.69) is 5.32 Å². The van der Waals surface area contributed by atoms with Crippen molar-refractivity contribution in [3.05, 3.63) is 0 Å². The van der Waals surface area contributed by atoms with Gasteiger partial charge in [0.25, 0.3) is 0 Å². The van der Waals surface area contributed by atoms with Crippen molar-refractivity contribution in [1.29, 1.82) is 0 Å². The lowest BCUT2D eigenvalue weighted by atomic mass is 10.4. The van der Waals surface area contributed by atoms with Gasteiger partial charge in [0, 0.05) is 5.92 Å². The van der Waals surface area contributed by atoms with Gasteiger partial charge >= 0.3 is 0 Å². The van der Waals surface area contributed by atoms with E-state index in [0.29, 0.717) is 0 Å². The minimum Gasteiger partial charge on any atom is -0.337 e. The number of nitrogens with one attached hydrogen (secondary N) is 1. The Morgan fingerprint density at radius 2 is 2.10 bits per heavy atom. The standard InChI is InChI=1S/C7H10ClNO/c8-7(3-4-7)9-6(10)5-1-2-5/h5H,1-4H2,(H,9,10). The monoisotopic (exact) mass is 159 g/mol. The first-order valence-electron chi connectivity index (χ1n) is 3.71. The van der Waals surface area contributed by atoms with Crippen molar-refractivity contribution in [1.82, 2.24) is 5.32 Å². The summed E-state index contributed by atoms with van der Waals surface area (Å²) < 4.78 is 0. The SMILES string of the molecule is O=C(NC1(Cl)CC1)C1CC1. The van der Waals surface area contributed by atoms with Crippen LogP contribution in [0.1, 0.15) is 25.7 Å². The molecule has 0 radical (unpaired) electrons. The van der Waals surface area contributed by atoms with Crippen LogP contribution in [0.25, 0.3) is 0 Å². The molecule has 0 atom stereocenters. The molecule has 2 fully saturated rings. The van der Waals surface area contributed by atoms with Crippen molar-refractivity contribution in [3.8, 4) is 0 Å². The van der Waals surface area contributed by atoms with Gasteiger partial charge in [0.1, 0.15) is 5.00 Å². The summed E-state index contributed by atoms with van der Waals surface area (Å²) in [5.74, 6) is 0.448. The maximum Gasteiger partial charge on any atom is 0.224 e. The van der Waals surface area contributed by atoms with Crippen LogP contribution in [0.3, 0.4) is 0 Å². The molecule has 2 saturated carbocycles. The number of halogens is 1. The van der Waals surface area contributed by atoms with Gasteiger partial charge in [-0.1, -0.05) is 11.6 Å². The Labute approximate surface area is 64.9 Å². The molecule has 1 N–H and O–H groups in total. The highest BCUT2D eigenvalue weighted by Gasteiger charge is 2.44. The number of hydrogen-bond donors (Lipinski definition) is 1. The molecule has 0 saturated heterocycles. The minimum absolute atomic E-state index is 0.160. The molecule has 2 aliphatic rings. The first-order chi connectivity index (χ1) is 4.70. The molecule has 2 aliphatic carbocycles. The molecular weight excluding hydrogens is 150 g/mol. The molecule has 0 aromatic carbocycles. The molecule has 0 heterocycles. The lowest BCUT2D eigenvalue weighted by Gasteiger charge is -2.07. The maximum atomic E-state index is 11.1. The van der Waals surface area contributed by atoms with E-state index >= 15 is 0 Å². The predicted octanol–water partition coefficient (Wildman–Crippen LogP) is 1.24. The third kappa shape index (κ3) is 1.26. The molecule has 0 aromatic rings. The average Bonchev–Trinajstić information content (AvgIpc) is 2.60. The number of rotatable bonds is 2. The van der Waals surface area contributed by atoms with Gasteiger partial charge in [-0.15, -0.1) is 0 Å². The first-order valence-corrected chi connectivity index (χ1v) is 4.08. The number of amides is 1. The van der Waals surface area contributed by atoms with Crippen LogP contribution >= 0.6 is 11.6 Å². The van der Waals surface area contributed by atoms with Gasteiger partial charge in [0.15, 0.2) is 0 Å². The van der Waals surface area contributed by atoms with Crippen LogP contribution in [0.2, 0.25) is 0 Å². The van der Waals surface area contributed by atoms with Crippen LogP contribution < -0.4 is 5.32 Å². The fourth-order valence-electron chi connectivity index (χ4n) is 0.903. The summed E-state index contributed by atoms with van der Waals surface area (Å²) in [6.07, 6.45) is 3.98. The summed E-state index contributed by atoms with van der Waals surface area (Å²) >= 11 is 5.88. The quantitative estimate of drug-likeness (QED) is 0.477. The molecule has 2 rings (SSSR count). The number of carbonyl (C=O) groups is 1. The van der Waals surface area contributed by atoms with Crippen molar-refractivity contribution in [3.63, 3.8) is 0 Å².